The second kappa shape index (κ2) is 7.69. The molecule has 0 saturated heterocycles. The van der Waals surface area contributed by atoms with Gasteiger partial charge in [0.1, 0.15) is 0 Å². The number of nitro groups is 1. The lowest BCUT2D eigenvalue weighted by atomic mass is 10.1. The van der Waals surface area contributed by atoms with Gasteiger partial charge in [-0.25, -0.2) is 0 Å². The maximum atomic E-state index is 11.4. The summed E-state index contributed by atoms with van der Waals surface area (Å²) in [5.41, 5.74) is 1.26. The number of nitro benzene ring substituents is 1. The summed E-state index contributed by atoms with van der Waals surface area (Å²) < 4.78 is 0. The Kier molecular flexibility index (Phi) is 6.24. The highest BCUT2D eigenvalue weighted by Gasteiger charge is 2.13. The number of nitrogens with one attached hydrogen (secondary N) is 2. The second-order valence-electron chi connectivity index (χ2n) is 4.40. The topological polar surface area (TPSA) is 84.3 Å². The predicted molar refractivity (Wildman–Crippen MR) is 79.3 cm³/mol. The molecule has 0 aliphatic carbocycles. The normalized spacial score (nSPS) is 10.2. The minimum absolute atomic E-state index is 0.0324. The fraction of sp³-hybridized carbons (Fsp3) is 0.462. The molecule has 1 amide bonds. The van der Waals surface area contributed by atoms with Crippen LogP contribution in [0.2, 0.25) is 5.02 Å². The van der Waals surface area contributed by atoms with E-state index in [1.165, 1.54) is 12.1 Å². The zero-order chi connectivity index (χ0) is 15.1. The summed E-state index contributed by atoms with van der Waals surface area (Å²) in [6.07, 6.45) is 1.22. The molecule has 110 valence electrons. The fourth-order valence-electron chi connectivity index (χ4n) is 1.71. The Morgan fingerprint density at radius 3 is 2.65 bits per heavy atom. The average Bonchev–Trinajstić information content (AvgIpc) is 2.39. The van der Waals surface area contributed by atoms with Crippen LogP contribution in [0.15, 0.2) is 12.1 Å². The highest BCUT2D eigenvalue weighted by Crippen LogP contribution is 2.30. The average molecular weight is 300 g/mol. The number of carbonyl (C=O) groups is 1. The van der Waals surface area contributed by atoms with Crippen molar-refractivity contribution in [2.45, 2.75) is 26.7 Å². The van der Waals surface area contributed by atoms with Gasteiger partial charge >= 0.3 is 0 Å². The lowest BCUT2D eigenvalue weighted by Gasteiger charge is -2.11. The van der Waals surface area contributed by atoms with Crippen LogP contribution in [0.3, 0.4) is 0 Å². The summed E-state index contributed by atoms with van der Waals surface area (Å²) in [7, 11) is 0. The maximum absolute atomic E-state index is 11.4. The number of rotatable bonds is 7. The van der Waals surface area contributed by atoms with Crippen molar-refractivity contribution in [3.63, 3.8) is 0 Å². The van der Waals surface area contributed by atoms with Crippen LogP contribution in [0.25, 0.3) is 0 Å². The first-order valence-corrected chi connectivity index (χ1v) is 6.78. The quantitative estimate of drug-likeness (QED) is 0.599. The van der Waals surface area contributed by atoms with Gasteiger partial charge in [-0.2, -0.15) is 0 Å². The number of non-ortho nitro benzene ring substituents is 1. The standard InChI is InChI=1S/C13H18ClN3O3/c1-3-5-15-12(18)4-6-16-13-9(2)7-10(17(19)20)8-11(13)14/h7-8,16H,3-6H2,1-2H3,(H,15,18). The fourth-order valence-corrected chi connectivity index (χ4v) is 2.04. The number of benzene rings is 1. The number of amides is 1. The van der Waals surface area contributed by atoms with Crippen molar-refractivity contribution in [2.24, 2.45) is 0 Å². The summed E-state index contributed by atoms with van der Waals surface area (Å²) >= 11 is 6.01. The molecule has 0 heterocycles. The zero-order valence-electron chi connectivity index (χ0n) is 11.5. The molecule has 0 radical (unpaired) electrons. The van der Waals surface area contributed by atoms with Gasteiger partial charge < -0.3 is 10.6 Å². The molecular weight excluding hydrogens is 282 g/mol. The highest BCUT2D eigenvalue weighted by atomic mass is 35.5. The van der Waals surface area contributed by atoms with Gasteiger partial charge in [-0.1, -0.05) is 18.5 Å². The van der Waals surface area contributed by atoms with Crippen molar-refractivity contribution in [1.29, 1.82) is 0 Å². The van der Waals surface area contributed by atoms with Gasteiger partial charge in [0, 0.05) is 31.6 Å². The summed E-state index contributed by atoms with van der Waals surface area (Å²) in [6, 6.07) is 2.75. The van der Waals surface area contributed by atoms with E-state index in [0.29, 0.717) is 30.8 Å². The first kappa shape index (κ1) is 16.2. The highest BCUT2D eigenvalue weighted by molar-refractivity contribution is 6.33. The molecule has 1 rings (SSSR count). The number of anilines is 1. The van der Waals surface area contributed by atoms with Crippen LogP contribution in [-0.2, 0) is 4.79 Å². The third-order valence-electron chi connectivity index (χ3n) is 2.71. The lowest BCUT2D eigenvalue weighted by Crippen LogP contribution is -2.26. The van der Waals surface area contributed by atoms with Crippen molar-refractivity contribution in [1.82, 2.24) is 5.32 Å². The van der Waals surface area contributed by atoms with E-state index in [1.54, 1.807) is 6.92 Å². The molecule has 0 spiro atoms. The van der Waals surface area contributed by atoms with Gasteiger partial charge in [0.2, 0.25) is 5.91 Å². The Morgan fingerprint density at radius 1 is 1.40 bits per heavy atom. The van der Waals surface area contributed by atoms with Crippen LogP contribution in [0.5, 0.6) is 0 Å². The molecule has 0 aliphatic rings. The molecule has 0 aromatic heterocycles. The zero-order valence-corrected chi connectivity index (χ0v) is 12.3. The number of hydrogen-bond donors (Lipinski definition) is 2. The molecule has 1 aromatic rings. The molecule has 0 atom stereocenters. The van der Waals surface area contributed by atoms with Gasteiger partial charge in [-0.15, -0.1) is 0 Å². The van der Waals surface area contributed by atoms with Crippen LogP contribution in [-0.4, -0.2) is 23.9 Å². The largest absolute Gasteiger partial charge is 0.383 e. The van der Waals surface area contributed by atoms with Crippen LogP contribution < -0.4 is 10.6 Å². The third-order valence-corrected chi connectivity index (χ3v) is 3.01. The first-order valence-electron chi connectivity index (χ1n) is 6.40. The van der Waals surface area contributed by atoms with Gasteiger partial charge in [0.15, 0.2) is 0 Å². The Labute approximate surface area is 122 Å². The van der Waals surface area contributed by atoms with E-state index in [2.05, 4.69) is 10.6 Å². The first-order chi connectivity index (χ1) is 9.45. The number of halogens is 1. The summed E-state index contributed by atoms with van der Waals surface area (Å²) in [5.74, 6) is -0.0324. The van der Waals surface area contributed by atoms with Gasteiger partial charge in [-0.05, 0) is 18.9 Å². The SMILES string of the molecule is CCCNC(=O)CCNc1c(C)cc([N+](=O)[O-])cc1Cl. The molecule has 0 bridgehead atoms. The van der Waals surface area contributed by atoms with Crippen LogP contribution in [0, 0.1) is 17.0 Å². The Morgan fingerprint density at radius 2 is 2.10 bits per heavy atom. The Bertz CT molecular complexity index is 483. The molecule has 0 unspecified atom stereocenters. The van der Waals surface area contributed by atoms with Gasteiger partial charge in [0.05, 0.1) is 15.6 Å². The molecule has 20 heavy (non-hydrogen) atoms. The minimum atomic E-state index is -0.485. The minimum Gasteiger partial charge on any atom is -0.383 e. The van der Waals surface area contributed by atoms with Crippen molar-refractivity contribution >= 4 is 28.9 Å². The number of nitrogens with zero attached hydrogens (tertiary/aromatic N) is 1. The van der Waals surface area contributed by atoms with E-state index in [0.717, 1.165) is 6.42 Å². The van der Waals surface area contributed by atoms with E-state index < -0.39 is 4.92 Å². The van der Waals surface area contributed by atoms with Crippen LogP contribution >= 0.6 is 11.6 Å². The molecule has 0 saturated carbocycles. The molecule has 2 N–H and O–H groups in total. The van der Waals surface area contributed by atoms with E-state index >= 15 is 0 Å². The Hall–Kier alpha value is -1.82. The van der Waals surface area contributed by atoms with E-state index in [-0.39, 0.29) is 16.6 Å². The number of aryl methyl sites for hydroxylation is 1. The third kappa shape index (κ3) is 4.70. The van der Waals surface area contributed by atoms with E-state index in [1.807, 2.05) is 6.92 Å². The monoisotopic (exact) mass is 299 g/mol. The van der Waals surface area contributed by atoms with Gasteiger partial charge in [-0.3, -0.25) is 14.9 Å². The van der Waals surface area contributed by atoms with E-state index in [9.17, 15) is 14.9 Å². The summed E-state index contributed by atoms with van der Waals surface area (Å²) in [6.45, 7) is 4.81. The molecule has 6 nitrogen and oxygen atoms in total. The second-order valence-corrected chi connectivity index (χ2v) is 4.81. The van der Waals surface area contributed by atoms with Crippen LogP contribution in [0.1, 0.15) is 25.3 Å². The van der Waals surface area contributed by atoms with Crippen molar-refractivity contribution in [2.75, 3.05) is 18.4 Å². The lowest BCUT2D eigenvalue weighted by molar-refractivity contribution is -0.384. The molecule has 1 aromatic carbocycles. The predicted octanol–water partition coefficient (Wildman–Crippen LogP) is 2.88. The number of hydrogen-bond acceptors (Lipinski definition) is 4. The van der Waals surface area contributed by atoms with Crippen molar-refractivity contribution < 1.29 is 9.72 Å². The summed E-state index contributed by atoms with van der Waals surface area (Å²) in [5, 5.41) is 16.8. The molecule has 0 fully saturated rings. The number of carbonyl (C=O) groups excluding carboxylic acids is 1. The van der Waals surface area contributed by atoms with Crippen molar-refractivity contribution in [3.8, 4) is 0 Å². The van der Waals surface area contributed by atoms with Gasteiger partial charge in [0.25, 0.3) is 5.69 Å². The smallest absolute Gasteiger partial charge is 0.271 e. The molecule has 0 aliphatic heterocycles. The maximum Gasteiger partial charge on any atom is 0.271 e. The molecular formula is C13H18ClN3O3. The Balaban J connectivity index is 2.60. The summed E-state index contributed by atoms with van der Waals surface area (Å²) in [4.78, 5) is 21.6. The molecule has 7 heteroatoms. The van der Waals surface area contributed by atoms with Crippen molar-refractivity contribution in [3.05, 3.63) is 32.8 Å². The van der Waals surface area contributed by atoms with E-state index in [4.69, 9.17) is 11.6 Å². The van der Waals surface area contributed by atoms with Crippen LogP contribution in [0.4, 0.5) is 11.4 Å².